The molecule has 0 spiro atoms. The quantitative estimate of drug-likeness (QED) is 0.239. The van der Waals surface area contributed by atoms with Crippen molar-refractivity contribution in [1.29, 1.82) is 4.78 Å². The van der Waals surface area contributed by atoms with Crippen LogP contribution in [0.4, 0.5) is 16.2 Å². The first kappa shape index (κ1) is 27.9. The smallest absolute Gasteiger partial charge is 0.323 e. The summed E-state index contributed by atoms with van der Waals surface area (Å²) in [6.45, 7) is 0. The average Bonchev–Trinajstić information content (AvgIpc) is 2.73. The van der Waals surface area contributed by atoms with Gasteiger partial charge in [-0.2, -0.15) is 12.6 Å². The highest BCUT2D eigenvalue weighted by molar-refractivity contribution is 7.86. The Kier molecular flexibility index (Phi) is 10.1. The lowest BCUT2D eigenvalue weighted by Crippen LogP contribution is -2.19. The third-order valence-electron chi connectivity index (χ3n) is 3.77. The van der Waals surface area contributed by atoms with Gasteiger partial charge in [-0.25, -0.2) is 9.57 Å². The number of hydrogen-bond acceptors (Lipinski definition) is 6. The summed E-state index contributed by atoms with van der Waals surface area (Å²) >= 11 is 23.4. The van der Waals surface area contributed by atoms with E-state index in [2.05, 4.69) is 10.6 Å². The minimum absolute atomic E-state index is 0.0564. The highest BCUT2D eigenvalue weighted by Crippen LogP contribution is 2.36. The van der Waals surface area contributed by atoms with E-state index in [1.54, 1.807) is 6.07 Å². The summed E-state index contributed by atoms with van der Waals surface area (Å²) in [6.07, 6.45) is 0. The molecular formula is C19H13Cl4N3O6S2. The first-order chi connectivity index (χ1) is 15.9. The fourth-order valence-corrected chi connectivity index (χ4v) is 3.78. The van der Waals surface area contributed by atoms with Gasteiger partial charge in [0.1, 0.15) is 10.6 Å². The van der Waals surface area contributed by atoms with E-state index in [1.165, 1.54) is 42.5 Å². The number of amides is 2. The van der Waals surface area contributed by atoms with Gasteiger partial charge < -0.3 is 15.4 Å². The van der Waals surface area contributed by atoms with Crippen molar-refractivity contribution in [2.75, 3.05) is 10.6 Å². The second kappa shape index (κ2) is 12.4. The Balaban J connectivity index is 0.00000129. The van der Waals surface area contributed by atoms with Gasteiger partial charge in [0.25, 0.3) is 10.1 Å². The van der Waals surface area contributed by atoms with Crippen LogP contribution < -0.4 is 15.4 Å². The van der Waals surface area contributed by atoms with Gasteiger partial charge in [-0.15, -0.1) is 0 Å². The minimum atomic E-state index is -4.63. The number of hydrogen-bond donors (Lipinski definition) is 4. The maximum atomic E-state index is 12.4. The summed E-state index contributed by atoms with van der Waals surface area (Å²) < 4.78 is 52.5. The molecule has 0 heterocycles. The van der Waals surface area contributed by atoms with Crippen LogP contribution in [0, 0.1) is 4.78 Å². The molecule has 0 atom stereocenters. The van der Waals surface area contributed by atoms with Gasteiger partial charge in [-0.05, 0) is 54.6 Å². The summed E-state index contributed by atoms with van der Waals surface area (Å²) in [5.74, 6) is -0.150. The largest absolute Gasteiger partial charge is 0.454 e. The third-order valence-corrected chi connectivity index (χ3v) is 5.85. The number of nitrogens with one attached hydrogen (secondary N) is 3. The van der Waals surface area contributed by atoms with Crippen LogP contribution in [0.2, 0.25) is 20.1 Å². The number of halogens is 4. The number of urea groups is 1. The molecule has 9 nitrogen and oxygen atoms in total. The summed E-state index contributed by atoms with van der Waals surface area (Å²) in [7, 11) is -4.63. The highest BCUT2D eigenvalue weighted by Gasteiger charge is 2.19. The lowest BCUT2D eigenvalue weighted by atomic mass is 10.2. The fourth-order valence-electron chi connectivity index (χ4n) is 2.43. The monoisotopic (exact) mass is 583 g/mol. The molecule has 15 heteroatoms. The molecule has 0 bridgehead atoms. The molecule has 4 N–H and O–H groups in total. The van der Waals surface area contributed by atoms with Gasteiger partial charge >= 0.3 is 6.03 Å². The number of benzene rings is 3. The standard InChI is InChI=1S/C19H12Cl4N2O5S.HNOS/c20-10-1-5-16(30-17-6-2-11(21)8-18(17)31(27,28)29)15(7-10)25-19(26)24-12-3-4-13(22)14(23)9-12;1-3-2/h1-9H,(H2,24,25,26)(H,27,28,29);1H. The van der Waals surface area contributed by atoms with Gasteiger partial charge in [0, 0.05) is 15.7 Å². The lowest BCUT2D eigenvalue weighted by molar-refractivity contribution is 0.262. The van der Waals surface area contributed by atoms with Crippen molar-refractivity contribution < 1.29 is 26.7 Å². The van der Waals surface area contributed by atoms with Crippen molar-refractivity contribution in [3.05, 3.63) is 74.7 Å². The van der Waals surface area contributed by atoms with Gasteiger partial charge in [-0.3, -0.25) is 4.55 Å². The van der Waals surface area contributed by atoms with Crippen molar-refractivity contribution in [1.82, 2.24) is 0 Å². The lowest BCUT2D eigenvalue weighted by Gasteiger charge is -2.15. The van der Waals surface area contributed by atoms with Crippen LogP contribution in [0.25, 0.3) is 0 Å². The van der Waals surface area contributed by atoms with Gasteiger partial charge in [0.15, 0.2) is 17.2 Å². The Labute approximate surface area is 217 Å². The van der Waals surface area contributed by atoms with E-state index in [4.69, 9.17) is 60.1 Å². The molecule has 0 aliphatic rings. The number of carbonyl (C=O) groups excluding carboxylic acids is 1. The van der Waals surface area contributed by atoms with E-state index >= 15 is 0 Å². The highest BCUT2D eigenvalue weighted by atomic mass is 35.5. The van der Waals surface area contributed by atoms with Crippen LogP contribution in [0.1, 0.15) is 0 Å². The van der Waals surface area contributed by atoms with E-state index in [1.807, 2.05) is 0 Å². The molecule has 0 fully saturated rings. The molecule has 0 saturated heterocycles. The molecule has 34 heavy (non-hydrogen) atoms. The maximum absolute atomic E-state index is 12.4. The van der Waals surface area contributed by atoms with Crippen molar-refractivity contribution >= 4 is 85.4 Å². The topological polar surface area (TPSA) is 146 Å². The average molecular weight is 585 g/mol. The van der Waals surface area contributed by atoms with E-state index in [0.717, 1.165) is 6.07 Å². The van der Waals surface area contributed by atoms with Crippen LogP contribution in [0.15, 0.2) is 59.5 Å². The normalized spacial score (nSPS) is 10.5. The molecule has 0 aliphatic carbocycles. The zero-order valence-corrected chi connectivity index (χ0v) is 21.2. The maximum Gasteiger partial charge on any atom is 0.323 e. The molecule has 2 amide bonds. The number of anilines is 2. The molecule has 3 aromatic carbocycles. The fraction of sp³-hybridized carbons (Fsp3) is 0. The van der Waals surface area contributed by atoms with E-state index in [9.17, 15) is 17.8 Å². The predicted molar refractivity (Wildman–Crippen MR) is 133 cm³/mol. The van der Waals surface area contributed by atoms with Crippen molar-refractivity contribution in [3.63, 3.8) is 0 Å². The van der Waals surface area contributed by atoms with Gasteiger partial charge in [0.05, 0.1) is 15.7 Å². The molecule has 0 radical (unpaired) electrons. The Morgan fingerprint density at radius 1 is 0.882 bits per heavy atom. The summed E-state index contributed by atoms with van der Waals surface area (Å²) in [4.78, 5) is 11.9. The van der Waals surface area contributed by atoms with Gasteiger partial charge in [0.2, 0.25) is 0 Å². The second-order valence-corrected chi connectivity index (χ2v) is 9.34. The molecule has 0 aliphatic heterocycles. The Morgan fingerprint density at radius 2 is 1.47 bits per heavy atom. The van der Waals surface area contributed by atoms with Crippen molar-refractivity contribution in [2.24, 2.45) is 0 Å². The van der Waals surface area contributed by atoms with Crippen LogP contribution in [0.5, 0.6) is 11.5 Å². The van der Waals surface area contributed by atoms with E-state index < -0.39 is 21.0 Å². The molecule has 0 saturated carbocycles. The first-order valence-electron chi connectivity index (χ1n) is 8.67. The van der Waals surface area contributed by atoms with Crippen LogP contribution in [0.3, 0.4) is 0 Å². The van der Waals surface area contributed by atoms with E-state index in [-0.39, 0.29) is 43.7 Å². The van der Waals surface area contributed by atoms with Crippen LogP contribution in [-0.4, -0.2) is 23.2 Å². The molecule has 3 rings (SSSR count). The first-order valence-corrected chi connectivity index (χ1v) is 12.4. The molecule has 3 aromatic rings. The molecule has 0 aromatic heterocycles. The molecular weight excluding hydrogens is 572 g/mol. The number of carbonyl (C=O) groups is 1. The summed E-state index contributed by atoms with van der Waals surface area (Å²) in [5.41, 5.74) is 0.504. The number of rotatable bonds is 5. The SMILES string of the molecule is N=S=O.O=C(Nc1ccc(Cl)c(Cl)c1)Nc1cc(Cl)ccc1Oc1ccc(Cl)cc1S(=O)(=O)O. The van der Waals surface area contributed by atoms with Crippen molar-refractivity contribution in [3.8, 4) is 11.5 Å². The van der Waals surface area contributed by atoms with Gasteiger partial charge in [-0.1, -0.05) is 46.4 Å². The van der Waals surface area contributed by atoms with Crippen molar-refractivity contribution in [2.45, 2.75) is 4.90 Å². The Bertz CT molecular complexity index is 1370. The Hall–Kier alpha value is -2.38. The molecule has 180 valence electrons. The van der Waals surface area contributed by atoms with E-state index in [0.29, 0.717) is 10.7 Å². The second-order valence-electron chi connectivity index (χ2n) is 6.10. The zero-order chi connectivity index (χ0) is 25.5. The minimum Gasteiger partial charge on any atom is -0.454 e. The summed E-state index contributed by atoms with van der Waals surface area (Å²) in [6, 6.07) is 11.8. The zero-order valence-electron chi connectivity index (χ0n) is 16.5. The van der Waals surface area contributed by atoms with Crippen LogP contribution in [-0.2, 0) is 21.6 Å². The Morgan fingerprint density at radius 3 is 2.06 bits per heavy atom. The summed E-state index contributed by atoms with van der Waals surface area (Å²) in [5, 5.41) is 6.06. The third kappa shape index (κ3) is 8.13. The van der Waals surface area contributed by atoms with Crippen LogP contribution >= 0.6 is 46.4 Å². The number of ether oxygens (including phenoxy) is 1. The molecule has 0 unspecified atom stereocenters. The predicted octanol–water partition coefficient (Wildman–Crippen LogP) is 6.94.